The highest BCUT2D eigenvalue weighted by Gasteiger charge is 2.32. The molecule has 0 aliphatic carbocycles. The van der Waals surface area contributed by atoms with Crippen molar-refractivity contribution in [2.75, 3.05) is 33.4 Å². The molecule has 0 radical (unpaired) electrons. The summed E-state index contributed by atoms with van der Waals surface area (Å²) in [6.45, 7) is 0.586. The maximum Gasteiger partial charge on any atom is 0.255 e. The highest BCUT2D eigenvalue weighted by molar-refractivity contribution is 7.89. The topological polar surface area (TPSA) is 75.7 Å². The number of carbonyl (C=O) groups is 1. The standard InChI is InChI=1S/C15H20F2N2O4S/c1-23-10-11-6-7-19(9-11)24(21,22)13-4-2-12(3-5-13)15(20)18-8-14(16)17/h2-5,11,14H,6-10H2,1H3,(H,18,20)/t11-/m0/s1. The number of hydrogen-bond donors (Lipinski definition) is 1. The molecule has 1 saturated heterocycles. The predicted octanol–water partition coefficient (Wildman–Crippen LogP) is 1.34. The van der Waals surface area contributed by atoms with Crippen molar-refractivity contribution in [3.8, 4) is 0 Å². The van der Waals surface area contributed by atoms with Gasteiger partial charge >= 0.3 is 0 Å². The van der Waals surface area contributed by atoms with Crippen LogP contribution in [-0.4, -0.2) is 58.4 Å². The molecule has 2 rings (SSSR count). The van der Waals surface area contributed by atoms with Gasteiger partial charge in [-0.3, -0.25) is 4.79 Å². The summed E-state index contributed by atoms with van der Waals surface area (Å²) in [5, 5.41) is 2.07. The van der Waals surface area contributed by atoms with E-state index in [-0.39, 0.29) is 16.4 Å². The zero-order chi connectivity index (χ0) is 17.7. The number of alkyl halides is 2. The molecule has 1 heterocycles. The number of halogens is 2. The number of amides is 1. The molecule has 0 unspecified atom stereocenters. The van der Waals surface area contributed by atoms with Crippen LogP contribution in [0.25, 0.3) is 0 Å². The van der Waals surface area contributed by atoms with Crippen molar-refractivity contribution in [1.82, 2.24) is 9.62 Å². The third-order valence-electron chi connectivity index (χ3n) is 3.82. The van der Waals surface area contributed by atoms with Crippen LogP contribution in [0.4, 0.5) is 8.78 Å². The van der Waals surface area contributed by atoms with E-state index >= 15 is 0 Å². The van der Waals surface area contributed by atoms with Crippen LogP contribution < -0.4 is 5.32 Å². The lowest BCUT2D eigenvalue weighted by molar-refractivity contribution is 0.0891. The molecule has 1 N–H and O–H groups in total. The average Bonchev–Trinajstić information content (AvgIpc) is 3.02. The quantitative estimate of drug-likeness (QED) is 0.794. The molecule has 1 aliphatic heterocycles. The van der Waals surface area contributed by atoms with Crippen molar-refractivity contribution in [2.24, 2.45) is 5.92 Å². The van der Waals surface area contributed by atoms with Crippen molar-refractivity contribution in [2.45, 2.75) is 17.7 Å². The third kappa shape index (κ3) is 4.49. The second-order valence-electron chi connectivity index (χ2n) is 5.60. The summed E-state index contributed by atoms with van der Waals surface area (Å²) in [6, 6.07) is 5.26. The third-order valence-corrected chi connectivity index (χ3v) is 5.70. The van der Waals surface area contributed by atoms with Gasteiger partial charge in [-0.1, -0.05) is 0 Å². The van der Waals surface area contributed by atoms with Crippen LogP contribution in [0.2, 0.25) is 0 Å². The molecule has 0 bridgehead atoms. The first-order chi connectivity index (χ1) is 11.3. The number of ether oxygens (including phenoxy) is 1. The van der Waals surface area contributed by atoms with Gasteiger partial charge in [-0.05, 0) is 36.6 Å². The Hall–Kier alpha value is -1.58. The first-order valence-electron chi connectivity index (χ1n) is 7.50. The molecule has 6 nitrogen and oxygen atoms in total. The number of methoxy groups -OCH3 is 1. The van der Waals surface area contributed by atoms with E-state index in [2.05, 4.69) is 5.32 Å². The Kier molecular flexibility index (Phi) is 6.25. The largest absolute Gasteiger partial charge is 0.384 e. The van der Waals surface area contributed by atoms with Gasteiger partial charge in [0.1, 0.15) is 0 Å². The van der Waals surface area contributed by atoms with Gasteiger partial charge in [-0.25, -0.2) is 17.2 Å². The molecule has 1 fully saturated rings. The first-order valence-corrected chi connectivity index (χ1v) is 8.94. The van der Waals surface area contributed by atoms with Gasteiger partial charge in [0, 0.05) is 25.8 Å². The van der Waals surface area contributed by atoms with E-state index in [1.807, 2.05) is 0 Å². The summed E-state index contributed by atoms with van der Waals surface area (Å²) >= 11 is 0. The fraction of sp³-hybridized carbons (Fsp3) is 0.533. The monoisotopic (exact) mass is 362 g/mol. The maximum atomic E-state index is 12.6. The smallest absolute Gasteiger partial charge is 0.255 e. The van der Waals surface area contributed by atoms with Gasteiger partial charge in [0.2, 0.25) is 10.0 Å². The summed E-state index contributed by atoms with van der Waals surface area (Å²) in [5.74, 6) is -0.496. The van der Waals surface area contributed by atoms with Crippen LogP contribution in [-0.2, 0) is 14.8 Å². The molecular weight excluding hydrogens is 342 g/mol. The fourth-order valence-electron chi connectivity index (χ4n) is 2.59. The van der Waals surface area contributed by atoms with Gasteiger partial charge in [-0.15, -0.1) is 0 Å². The molecule has 9 heteroatoms. The van der Waals surface area contributed by atoms with Crippen molar-refractivity contribution >= 4 is 15.9 Å². The molecule has 1 aromatic carbocycles. The number of hydrogen-bond acceptors (Lipinski definition) is 4. The van der Waals surface area contributed by atoms with Crippen LogP contribution in [0.15, 0.2) is 29.2 Å². The highest BCUT2D eigenvalue weighted by Crippen LogP contribution is 2.24. The normalized spacial score (nSPS) is 18.9. The van der Waals surface area contributed by atoms with Crippen LogP contribution in [0.5, 0.6) is 0 Å². The van der Waals surface area contributed by atoms with E-state index < -0.39 is 28.9 Å². The Morgan fingerprint density at radius 3 is 2.62 bits per heavy atom. The molecule has 0 aromatic heterocycles. The second-order valence-corrected chi connectivity index (χ2v) is 7.54. The summed E-state index contributed by atoms with van der Waals surface area (Å²) in [4.78, 5) is 11.7. The lowest BCUT2D eigenvalue weighted by Crippen LogP contribution is -2.30. The number of sulfonamides is 1. The lowest BCUT2D eigenvalue weighted by Gasteiger charge is -2.16. The fourth-order valence-corrected chi connectivity index (χ4v) is 4.12. The van der Waals surface area contributed by atoms with E-state index in [9.17, 15) is 22.0 Å². The zero-order valence-corrected chi connectivity index (χ0v) is 14.1. The van der Waals surface area contributed by atoms with Gasteiger partial charge in [0.25, 0.3) is 12.3 Å². The molecule has 1 aromatic rings. The van der Waals surface area contributed by atoms with Gasteiger partial charge < -0.3 is 10.1 Å². The summed E-state index contributed by atoms with van der Waals surface area (Å²) in [5.41, 5.74) is 0.133. The molecule has 1 atom stereocenters. The molecule has 1 amide bonds. The molecule has 0 saturated carbocycles. The Bertz CT molecular complexity index is 665. The van der Waals surface area contributed by atoms with Crippen LogP contribution in [0.3, 0.4) is 0 Å². The van der Waals surface area contributed by atoms with E-state index in [4.69, 9.17) is 4.74 Å². The molecule has 1 aliphatic rings. The average molecular weight is 362 g/mol. The summed E-state index contributed by atoms with van der Waals surface area (Å²) in [6.07, 6.45) is -1.90. The predicted molar refractivity (Wildman–Crippen MR) is 83.5 cm³/mol. The Labute approximate surface area is 139 Å². The minimum absolute atomic E-state index is 0.0750. The van der Waals surface area contributed by atoms with Crippen LogP contribution in [0.1, 0.15) is 16.8 Å². The van der Waals surface area contributed by atoms with Gasteiger partial charge in [0.15, 0.2) is 0 Å². The van der Waals surface area contributed by atoms with Gasteiger partial charge in [0.05, 0.1) is 18.0 Å². The van der Waals surface area contributed by atoms with Crippen LogP contribution in [0, 0.1) is 5.92 Å². The maximum absolute atomic E-state index is 12.6. The molecule has 134 valence electrons. The first kappa shape index (κ1) is 18.8. The minimum atomic E-state index is -3.63. The number of benzene rings is 1. The number of rotatable bonds is 7. The Balaban J connectivity index is 2.05. The molecule has 24 heavy (non-hydrogen) atoms. The van der Waals surface area contributed by atoms with Crippen LogP contribution >= 0.6 is 0 Å². The zero-order valence-electron chi connectivity index (χ0n) is 13.2. The Morgan fingerprint density at radius 2 is 2.04 bits per heavy atom. The van der Waals surface area contributed by atoms with Crippen molar-refractivity contribution in [1.29, 1.82) is 0 Å². The van der Waals surface area contributed by atoms with Crippen molar-refractivity contribution in [3.63, 3.8) is 0 Å². The number of carbonyl (C=O) groups excluding carboxylic acids is 1. The Morgan fingerprint density at radius 1 is 1.38 bits per heavy atom. The van der Waals surface area contributed by atoms with Gasteiger partial charge in [-0.2, -0.15) is 4.31 Å². The van der Waals surface area contributed by atoms with E-state index in [1.165, 1.54) is 28.6 Å². The van der Waals surface area contributed by atoms with Crippen molar-refractivity contribution < 1.29 is 26.7 Å². The SMILES string of the molecule is COC[C@H]1CCN(S(=O)(=O)c2ccc(C(=O)NCC(F)F)cc2)C1. The van der Waals surface area contributed by atoms with E-state index in [0.717, 1.165) is 6.42 Å². The van der Waals surface area contributed by atoms with Crippen molar-refractivity contribution in [3.05, 3.63) is 29.8 Å². The number of nitrogens with zero attached hydrogens (tertiary/aromatic N) is 1. The minimum Gasteiger partial charge on any atom is -0.384 e. The lowest BCUT2D eigenvalue weighted by atomic mass is 10.1. The second kappa shape index (κ2) is 8.00. The molecule has 0 spiro atoms. The highest BCUT2D eigenvalue weighted by atomic mass is 32.2. The van der Waals surface area contributed by atoms with E-state index in [0.29, 0.717) is 19.7 Å². The number of nitrogens with one attached hydrogen (secondary N) is 1. The summed E-state index contributed by atoms with van der Waals surface area (Å²) in [7, 11) is -2.05. The summed E-state index contributed by atoms with van der Waals surface area (Å²) < 4.78 is 55.7. The van der Waals surface area contributed by atoms with E-state index in [1.54, 1.807) is 7.11 Å². The molecular formula is C15H20F2N2O4S.